The molecule has 1 amide bonds. The van der Waals surface area contributed by atoms with Crippen LogP contribution in [-0.4, -0.2) is 82.0 Å². The van der Waals surface area contributed by atoms with Gasteiger partial charge in [0.15, 0.2) is 0 Å². The van der Waals surface area contributed by atoms with Gasteiger partial charge >= 0.3 is 5.97 Å². The Morgan fingerprint density at radius 2 is 2.00 bits per heavy atom. The number of ether oxygens (including phenoxy) is 1. The van der Waals surface area contributed by atoms with Crippen molar-refractivity contribution in [1.82, 2.24) is 19.6 Å². The number of fused-ring (bicyclic) bond motifs is 3. The van der Waals surface area contributed by atoms with Gasteiger partial charge in [-0.25, -0.2) is 4.68 Å². The smallest absolute Gasteiger partial charge is 0.317 e. The number of carbonyl (C=O) groups is 2. The highest BCUT2D eigenvalue weighted by Crippen LogP contribution is 2.24. The minimum Gasteiger partial charge on any atom is -0.480 e. The molecule has 27 heavy (non-hydrogen) atoms. The molecule has 1 aromatic carbocycles. The van der Waals surface area contributed by atoms with E-state index in [1.54, 1.807) is 10.9 Å². The van der Waals surface area contributed by atoms with Crippen LogP contribution in [0.25, 0.3) is 5.69 Å². The number of benzene rings is 1. The molecular weight excluding hydrogens is 348 g/mol. The Morgan fingerprint density at radius 1 is 1.15 bits per heavy atom. The molecule has 2 aliphatic heterocycles. The second kappa shape index (κ2) is 7.50. The fraction of sp³-hybridized carbons (Fsp3) is 0.421. The summed E-state index contributed by atoms with van der Waals surface area (Å²) in [4.78, 5) is 28.3. The van der Waals surface area contributed by atoms with Crippen molar-refractivity contribution in [2.75, 3.05) is 39.4 Å². The van der Waals surface area contributed by atoms with Crippen LogP contribution >= 0.6 is 0 Å². The number of carboxylic acids is 1. The third kappa shape index (κ3) is 3.72. The zero-order valence-electron chi connectivity index (χ0n) is 14.9. The Balaban J connectivity index is 1.63. The highest BCUT2D eigenvalue weighted by molar-refractivity contribution is 5.98. The number of hydrogen-bond donors (Lipinski definition) is 1. The fourth-order valence-electron chi connectivity index (χ4n) is 3.93. The van der Waals surface area contributed by atoms with Crippen LogP contribution in [0, 0.1) is 5.92 Å². The lowest BCUT2D eigenvalue weighted by Gasteiger charge is -2.31. The van der Waals surface area contributed by atoms with Crippen molar-refractivity contribution in [2.45, 2.75) is 6.04 Å². The first-order valence-electron chi connectivity index (χ1n) is 9.03. The summed E-state index contributed by atoms with van der Waals surface area (Å²) in [7, 11) is 0. The van der Waals surface area contributed by atoms with Crippen LogP contribution in [0.5, 0.6) is 0 Å². The van der Waals surface area contributed by atoms with E-state index in [-0.39, 0.29) is 24.4 Å². The molecule has 3 heterocycles. The topological polar surface area (TPSA) is 87.9 Å². The van der Waals surface area contributed by atoms with Gasteiger partial charge in [0.2, 0.25) is 0 Å². The van der Waals surface area contributed by atoms with E-state index in [9.17, 15) is 9.59 Å². The van der Waals surface area contributed by atoms with Crippen LogP contribution in [0.2, 0.25) is 0 Å². The highest BCUT2D eigenvalue weighted by atomic mass is 16.5. The zero-order valence-corrected chi connectivity index (χ0v) is 14.9. The molecule has 2 saturated heterocycles. The van der Waals surface area contributed by atoms with Crippen LogP contribution < -0.4 is 0 Å². The van der Waals surface area contributed by atoms with Crippen LogP contribution in [-0.2, 0) is 9.53 Å². The van der Waals surface area contributed by atoms with E-state index >= 15 is 0 Å². The average molecular weight is 370 g/mol. The van der Waals surface area contributed by atoms with Gasteiger partial charge in [-0.05, 0) is 18.2 Å². The zero-order chi connectivity index (χ0) is 18.8. The maximum atomic E-state index is 13.4. The van der Waals surface area contributed by atoms with Gasteiger partial charge in [-0.3, -0.25) is 14.5 Å². The molecule has 1 N–H and O–H groups in total. The SMILES string of the molecule is O=C(O)CN1C[C@@H]2COC[C@H](C1)N(C(=O)c1ccccc1-n1cccn1)C2. The van der Waals surface area contributed by atoms with Crippen LogP contribution in [0.4, 0.5) is 0 Å². The van der Waals surface area contributed by atoms with Crippen molar-refractivity contribution in [3.05, 3.63) is 48.3 Å². The number of hydrogen-bond acceptors (Lipinski definition) is 5. The van der Waals surface area contributed by atoms with Gasteiger partial charge in [-0.2, -0.15) is 5.10 Å². The number of carbonyl (C=O) groups excluding carboxylic acids is 1. The normalized spacial score (nSPS) is 23.0. The summed E-state index contributed by atoms with van der Waals surface area (Å²) in [5.41, 5.74) is 1.31. The molecule has 2 atom stereocenters. The van der Waals surface area contributed by atoms with Crippen molar-refractivity contribution in [3.8, 4) is 5.69 Å². The summed E-state index contributed by atoms with van der Waals surface area (Å²) in [5, 5.41) is 13.4. The molecular formula is C19H22N4O4. The van der Waals surface area contributed by atoms with E-state index in [0.717, 1.165) is 5.69 Å². The van der Waals surface area contributed by atoms with E-state index in [0.29, 0.717) is 38.4 Å². The van der Waals surface area contributed by atoms with Gasteiger partial charge in [0, 0.05) is 37.9 Å². The van der Waals surface area contributed by atoms with Crippen molar-refractivity contribution >= 4 is 11.9 Å². The number of nitrogens with zero attached hydrogens (tertiary/aromatic N) is 4. The van der Waals surface area contributed by atoms with Crippen LogP contribution in [0.15, 0.2) is 42.7 Å². The van der Waals surface area contributed by atoms with Crippen LogP contribution in [0.1, 0.15) is 10.4 Å². The number of para-hydroxylation sites is 1. The number of aromatic nitrogens is 2. The van der Waals surface area contributed by atoms with Crippen molar-refractivity contribution in [2.24, 2.45) is 5.92 Å². The third-order valence-electron chi connectivity index (χ3n) is 5.05. The molecule has 8 nitrogen and oxygen atoms in total. The van der Waals surface area contributed by atoms with Gasteiger partial charge in [-0.1, -0.05) is 12.1 Å². The summed E-state index contributed by atoms with van der Waals surface area (Å²) < 4.78 is 7.43. The van der Waals surface area contributed by atoms with E-state index in [2.05, 4.69) is 5.10 Å². The lowest BCUT2D eigenvalue weighted by molar-refractivity contribution is -0.138. The largest absolute Gasteiger partial charge is 0.480 e. The van der Waals surface area contributed by atoms with E-state index in [1.165, 1.54) is 0 Å². The summed E-state index contributed by atoms with van der Waals surface area (Å²) in [6.45, 7) is 2.62. The average Bonchev–Trinajstić information content (AvgIpc) is 3.03. The van der Waals surface area contributed by atoms with Crippen molar-refractivity contribution < 1.29 is 19.4 Å². The van der Waals surface area contributed by atoms with Crippen molar-refractivity contribution in [1.29, 1.82) is 0 Å². The number of carboxylic acid groups (broad SMARTS) is 1. The van der Waals surface area contributed by atoms with Gasteiger partial charge in [0.05, 0.1) is 37.1 Å². The van der Waals surface area contributed by atoms with Gasteiger partial charge in [-0.15, -0.1) is 0 Å². The Morgan fingerprint density at radius 3 is 2.78 bits per heavy atom. The molecule has 0 saturated carbocycles. The number of rotatable bonds is 4. The fourth-order valence-corrected chi connectivity index (χ4v) is 3.93. The summed E-state index contributed by atoms with van der Waals surface area (Å²) in [5.74, 6) is -0.825. The van der Waals surface area contributed by atoms with E-state index in [1.807, 2.05) is 46.3 Å². The summed E-state index contributed by atoms with van der Waals surface area (Å²) >= 11 is 0. The maximum absolute atomic E-state index is 13.4. The Bertz CT molecular complexity index is 823. The lowest BCUT2D eigenvalue weighted by Crippen LogP contribution is -2.47. The maximum Gasteiger partial charge on any atom is 0.317 e. The Hall–Kier alpha value is -2.71. The predicted molar refractivity (Wildman–Crippen MR) is 96.8 cm³/mol. The Kier molecular flexibility index (Phi) is 4.91. The second-order valence-corrected chi connectivity index (χ2v) is 7.07. The molecule has 0 radical (unpaired) electrons. The standard InChI is InChI=1S/C19H22N4O4/c24-18(25)11-21-8-14-9-22(15(10-21)13-27-12-14)19(26)16-4-1-2-5-17(16)23-7-3-6-20-23/h1-7,14-15H,8-13H2,(H,24,25)/t14-,15-/m0/s1. The first kappa shape index (κ1) is 17.7. The quantitative estimate of drug-likeness (QED) is 0.854. The molecule has 8 heteroatoms. The first-order chi connectivity index (χ1) is 13.1. The van der Waals surface area contributed by atoms with Gasteiger partial charge < -0.3 is 14.7 Å². The minimum absolute atomic E-state index is 0.0150. The molecule has 1 aromatic heterocycles. The molecule has 2 aliphatic rings. The van der Waals surface area contributed by atoms with E-state index < -0.39 is 5.97 Å². The summed E-state index contributed by atoms with van der Waals surface area (Å²) in [6, 6.07) is 9.05. The highest BCUT2D eigenvalue weighted by Gasteiger charge is 2.37. The lowest BCUT2D eigenvalue weighted by atomic mass is 10.1. The number of amides is 1. The second-order valence-electron chi connectivity index (χ2n) is 7.07. The number of aliphatic carboxylic acids is 1. The van der Waals surface area contributed by atoms with Gasteiger partial charge in [0.1, 0.15) is 0 Å². The van der Waals surface area contributed by atoms with Gasteiger partial charge in [0.25, 0.3) is 5.91 Å². The molecule has 0 spiro atoms. The predicted octanol–water partition coefficient (Wildman–Crippen LogP) is 0.730. The third-order valence-corrected chi connectivity index (χ3v) is 5.05. The first-order valence-corrected chi connectivity index (χ1v) is 9.03. The summed E-state index contributed by atoms with van der Waals surface area (Å²) in [6.07, 6.45) is 3.49. The molecule has 0 unspecified atom stereocenters. The van der Waals surface area contributed by atoms with E-state index in [4.69, 9.17) is 9.84 Å². The monoisotopic (exact) mass is 370 g/mol. The molecule has 2 fully saturated rings. The molecule has 2 bridgehead atoms. The molecule has 2 aromatic rings. The molecule has 142 valence electrons. The van der Waals surface area contributed by atoms with Crippen molar-refractivity contribution in [3.63, 3.8) is 0 Å². The van der Waals surface area contributed by atoms with Crippen LogP contribution in [0.3, 0.4) is 0 Å². The molecule has 0 aliphatic carbocycles. The molecule has 4 rings (SSSR count). The Labute approximate surface area is 156 Å². The minimum atomic E-state index is -0.849.